The Balaban J connectivity index is 3.29. The maximum absolute atomic E-state index is 11.6. The van der Waals surface area contributed by atoms with Crippen molar-refractivity contribution in [2.45, 2.75) is 27.2 Å². The van der Waals surface area contributed by atoms with Gasteiger partial charge in [-0.25, -0.2) is 4.98 Å². The van der Waals surface area contributed by atoms with E-state index >= 15 is 0 Å². The zero-order valence-electron chi connectivity index (χ0n) is 11.4. The summed E-state index contributed by atoms with van der Waals surface area (Å²) in [6.07, 6.45) is 0.965. The van der Waals surface area contributed by atoms with Crippen LogP contribution in [0.3, 0.4) is 0 Å². The number of aryl methyl sites for hydroxylation is 2. The first kappa shape index (κ1) is 14.4. The van der Waals surface area contributed by atoms with Crippen LogP contribution in [0.4, 0.5) is 5.82 Å². The number of carbonyl (C=O) groups is 1. The molecule has 0 spiro atoms. The number of hydrogen-bond donors (Lipinski definition) is 2. The first-order valence-electron chi connectivity index (χ1n) is 6.24. The van der Waals surface area contributed by atoms with Gasteiger partial charge in [0.15, 0.2) is 0 Å². The van der Waals surface area contributed by atoms with Crippen LogP contribution in [0.15, 0.2) is 6.07 Å². The van der Waals surface area contributed by atoms with Gasteiger partial charge in [-0.3, -0.25) is 4.79 Å². The number of rotatable bonds is 6. The van der Waals surface area contributed by atoms with Crippen LogP contribution in [-0.2, 0) is 0 Å². The first-order valence-corrected chi connectivity index (χ1v) is 6.24. The third kappa shape index (κ3) is 3.20. The lowest BCUT2D eigenvalue weighted by Gasteiger charge is -2.25. The van der Waals surface area contributed by atoms with Gasteiger partial charge in [-0.15, -0.1) is 0 Å². The Bertz CT molecular complexity index is 425. The standard InChI is InChI=1S/C13H22N4O/c1-4-6-17(7-5-14)13-11(12(15)18)9(2)8-10(3)16-13/h8H,4-7,14H2,1-3H3,(H2,15,18). The van der Waals surface area contributed by atoms with E-state index in [4.69, 9.17) is 11.5 Å². The van der Waals surface area contributed by atoms with Crippen molar-refractivity contribution in [3.8, 4) is 0 Å². The topological polar surface area (TPSA) is 85.2 Å². The summed E-state index contributed by atoms with van der Waals surface area (Å²) in [6.45, 7) is 7.87. The summed E-state index contributed by atoms with van der Waals surface area (Å²) in [5, 5.41) is 0. The Morgan fingerprint density at radius 1 is 1.39 bits per heavy atom. The van der Waals surface area contributed by atoms with Crippen molar-refractivity contribution in [2.75, 3.05) is 24.5 Å². The number of hydrogen-bond acceptors (Lipinski definition) is 4. The number of nitrogens with zero attached hydrogens (tertiary/aromatic N) is 2. The number of aromatic nitrogens is 1. The highest BCUT2D eigenvalue weighted by molar-refractivity contribution is 5.99. The van der Waals surface area contributed by atoms with E-state index in [1.807, 2.05) is 24.8 Å². The molecule has 0 aromatic carbocycles. The smallest absolute Gasteiger partial charge is 0.252 e. The van der Waals surface area contributed by atoms with Gasteiger partial charge in [-0.05, 0) is 31.9 Å². The lowest BCUT2D eigenvalue weighted by molar-refractivity contribution is 0.1000. The van der Waals surface area contributed by atoms with Crippen LogP contribution in [-0.4, -0.2) is 30.5 Å². The molecule has 1 amide bonds. The summed E-state index contributed by atoms with van der Waals surface area (Å²) in [7, 11) is 0. The van der Waals surface area contributed by atoms with Crippen molar-refractivity contribution in [3.05, 3.63) is 22.9 Å². The fraction of sp³-hybridized carbons (Fsp3) is 0.538. The van der Waals surface area contributed by atoms with Crippen LogP contribution in [0.2, 0.25) is 0 Å². The van der Waals surface area contributed by atoms with Gasteiger partial charge in [0.1, 0.15) is 5.82 Å². The molecule has 0 aliphatic heterocycles. The van der Waals surface area contributed by atoms with Gasteiger partial charge < -0.3 is 16.4 Å². The number of primary amides is 1. The Hall–Kier alpha value is -1.62. The van der Waals surface area contributed by atoms with Crippen molar-refractivity contribution in [3.63, 3.8) is 0 Å². The third-order valence-electron chi connectivity index (χ3n) is 2.76. The van der Waals surface area contributed by atoms with Crippen LogP contribution in [0.5, 0.6) is 0 Å². The highest BCUT2D eigenvalue weighted by Crippen LogP contribution is 2.22. The summed E-state index contributed by atoms with van der Waals surface area (Å²) < 4.78 is 0. The molecule has 1 aromatic heterocycles. The lowest BCUT2D eigenvalue weighted by Crippen LogP contribution is -2.33. The lowest BCUT2D eigenvalue weighted by atomic mass is 10.1. The molecule has 4 N–H and O–H groups in total. The molecule has 1 rings (SSSR count). The number of anilines is 1. The van der Waals surface area contributed by atoms with Gasteiger partial charge in [0, 0.05) is 25.3 Å². The minimum Gasteiger partial charge on any atom is -0.365 e. The molecule has 0 radical (unpaired) electrons. The second-order valence-electron chi connectivity index (χ2n) is 4.42. The number of carbonyl (C=O) groups excluding carboxylic acids is 1. The molecular formula is C13H22N4O. The Labute approximate surface area is 108 Å². The molecule has 5 nitrogen and oxygen atoms in total. The monoisotopic (exact) mass is 250 g/mol. The van der Waals surface area contributed by atoms with Crippen molar-refractivity contribution in [1.82, 2.24) is 4.98 Å². The van der Waals surface area contributed by atoms with E-state index in [9.17, 15) is 4.79 Å². The van der Waals surface area contributed by atoms with Gasteiger partial charge in [0.05, 0.1) is 5.56 Å². The van der Waals surface area contributed by atoms with Gasteiger partial charge in [-0.2, -0.15) is 0 Å². The maximum atomic E-state index is 11.6. The van der Waals surface area contributed by atoms with E-state index in [1.54, 1.807) is 0 Å². The number of nitrogens with two attached hydrogens (primary N) is 2. The van der Waals surface area contributed by atoms with Crippen molar-refractivity contribution >= 4 is 11.7 Å². The highest BCUT2D eigenvalue weighted by Gasteiger charge is 2.18. The predicted molar refractivity (Wildman–Crippen MR) is 73.8 cm³/mol. The van der Waals surface area contributed by atoms with Crippen molar-refractivity contribution in [2.24, 2.45) is 11.5 Å². The third-order valence-corrected chi connectivity index (χ3v) is 2.76. The van der Waals surface area contributed by atoms with E-state index < -0.39 is 5.91 Å². The molecule has 0 aliphatic carbocycles. The average molecular weight is 250 g/mol. The Morgan fingerprint density at radius 3 is 2.56 bits per heavy atom. The molecule has 0 bridgehead atoms. The molecule has 1 heterocycles. The zero-order chi connectivity index (χ0) is 13.7. The maximum Gasteiger partial charge on any atom is 0.252 e. The van der Waals surface area contributed by atoms with E-state index in [1.165, 1.54) is 0 Å². The van der Waals surface area contributed by atoms with Crippen LogP contribution in [0.1, 0.15) is 35.0 Å². The molecule has 0 fully saturated rings. The molecular weight excluding hydrogens is 228 g/mol. The van der Waals surface area contributed by atoms with Gasteiger partial charge in [0.2, 0.25) is 0 Å². The van der Waals surface area contributed by atoms with Gasteiger partial charge in [0.25, 0.3) is 5.91 Å². The van der Waals surface area contributed by atoms with E-state index in [0.29, 0.717) is 24.5 Å². The first-order chi connectivity index (χ1) is 8.51. The molecule has 0 saturated carbocycles. The predicted octanol–water partition coefficient (Wildman–Crippen LogP) is 0.972. The normalized spacial score (nSPS) is 10.4. The van der Waals surface area contributed by atoms with Crippen LogP contribution in [0, 0.1) is 13.8 Å². The van der Waals surface area contributed by atoms with Crippen LogP contribution < -0.4 is 16.4 Å². The number of pyridine rings is 1. The average Bonchev–Trinajstić information content (AvgIpc) is 2.26. The zero-order valence-corrected chi connectivity index (χ0v) is 11.4. The molecule has 0 saturated heterocycles. The molecule has 0 unspecified atom stereocenters. The second-order valence-corrected chi connectivity index (χ2v) is 4.42. The summed E-state index contributed by atoms with van der Waals surface area (Å²) >= 11 is 0. The van der Waals surface area contributed by atoms with Gasteiger partial charge in [-0.1, -0.05) is 6.92 Å². The Morgan fingerprint density at radius 2 is 2.06 bits per heavy atom. The van der Waals surface area contributed by atoms with Gasteiger partial charge >= 0.3 is 0 Å². The van der Waals surface area contributed by atoms with E-state index in [2.05, 4.69) is 11.9 Å². The highest BCUT2D eigenvalue weighted by atomic mass is 16.1. The molecule has 0 aliphatic rings. The fourth-order valence-corrected chi connectivity index (χ4v) is 2.10. The molecule has 1 aromatic rings. The summed E-state index contributed by atoms with van der Waals surface area (Å²) in [5.74, 6) is 0.223. The second kappa shape index (κ2) is 6.35. The molecule has 18 heavy (non-hydrogen) atoms. The Kier molecular flexibility index (Phi) is 5.09. The minimum atomic E-state index is -0.437. The summed E-state index contributed by atoms with van der Waals surface area (Å²) in [5.41, 5.74) is 13.3. The van der Waals surface area contributed by atoms with Crippen LogP contribution in [0.25, 0.3) is 0 Å². The fourth-order valence-electron chi connectivity index (χ4n) is 2.10. The van der Waals surface area contributed by atoms with Crippen molar-refractivity contribution in [1.29, 1.82) is 0 Å². The SMILES string of the molecule is CCCN(CCN)c1nc(C)cc(C)c1C(N)=O. The minimum absolute atomic E-state index is 0.437. The summed E-state index contributed by atoms with van der Waals surface area (Å²) in [4.78, 5) is 18.1. The van der Waals surface area contributed by atoms with Crippen molar-refractivity contribution < 1.29 is 4.79 Å². The van der Waals surface area contributed by atoms with E-state index in [0.717, 1.165) is 24.2 Å². The van der Waals surface area contributed by atoms with Crippen LogP contribution >= 0.6 is 0 Å². The molecule has 5 heteroatoms. The van der Waals surface area contributed by atoms with E-state index in [-0.39, 0.29) is 0 Å². The molecule has 100 valence electrons. The quantitative estimate of drug-likeness (QED) is 0.788. The summed E-state index contributed by atoms with van der Waals surface area (Å²) in [6, 6.07) is 1.87. The number of amides is 1. The molecule has 0 atom stereocenters. The largest absolute Gasteiger partial charge is 0.365 e.